The lowest BCUT2D eigenvalue weighted by Crippen LogP contribution is -2.31. The van der Waals surface area contributed by atoms with Crippen LogP contribution in [0.15, 0.2) is 48.7 Å². The number of para-hydroxylation sites is 1. The number of benzene rings is 1. The highest BCUT2D eigenvalue weighted by atomic mass is 32.1. The van der Waals surface area contributed by atoms with Gasteiger partial charge in [-0.05, 0) is 49.6 Å². The molecule has 0 bridgehead atoms. The number of rotatable bonds is 3. The largest absolute Gasteiger partial charge is 0.488 e. The highest BCUT2D eigenvalue weighted by molar-refractivity contribution is 7.17. The molecular weight excluding hydrogens is 370 g/mol. The van der Waals surface area contributed by atoms with Crippen LogP contribution in [0.2, 0.25) is 0 Å². The number of carbonyl (C=O) groups excluding carboxylic acids is 1. The molecule has 2 aliphatic heterocycles. The van der Waals surface area contributed by atoms with Gasteiger partial charge in [-0.3, -0.25) is 4.79 Å². The molecule has 5 rings (SSSR count). The van der Waals surface area contributed by atoms with E-state index in [1.54, 1.807) is 6.20 Å². The molecular formula is C22H21N3O2S. The molecule has 2 aromatic heterocycles. The molecule has 1 amide bonds. The maximum absolute atomic E-state index is 13.0. The van der Waals surface area contributed by atoms with Crippen molar-refractivity contribution in [1.82, 2.24) is 4.98 Å². The first kappa shape index (κ1) is 17.3. The molecule has 2 aliphatic rings. The van der Waals surface area contributed by atoms with Crippen molar-refractivity contribution < 1.29 is 9.53 Å². The van der Waals surface area contributed by atoms with Gasteiger partial charge in [0.25, 0.3) is 5.91 Å². The number of anilines is 2. The van der Waals surface area contributed by atoms with E-state index >= 15 is 0 Å². The lowest BCUT2D eigenvalue weighted by atomic mass is 10.1. The average Bonchev–Trinajstić information content (AvgIpc) is 3.20. The Morgan fingerprint density at radius 1 is 1.11 bits per heavy atom. The van der Waals surface area contributed by atoms with E-state index in [0.29, 0.717) is 11.5 Å². The van der Waals surface area contributed by atoms with Gasteiger partial charge in [0.2, 0.25) is 0 Å². The van der Waals surface area contributed by atoms with Crippen LogP contribution in [0.5, 0.6) is 5.75 Å². The summed E-state index contributed by atoms with van der Waals surface area (Å²) >= 11 is 1.52. The second-order valence-corrected chi connectivity index (χ2v) is 8.18. The number of fused-ring (bicyclic) bond motifs is 3. The van der Waals surface area contributed by atoms with E-state index in [1.165, 1.54) is 30.6 Å². The minimum absolute atomic E-state index is 0.0943. The number of ether oxygens (including phenoxy) is 1. The van der Waals surface area contributed by atoms with Crippen molar-refractivity contribution in [3.05, 3.63) is 59.1 Å². The van der Waals surface area contributed by atoms with Crippen molar-refractivity contribution >= 4 is 28.7 Å². The van der Waals surface area contributed by atoms with Gasteiger partial charge in [0.1, 0.15) is 12.4 Å². The second-order valence-electron chi connectivity index (χ2n) is 7.13. The number of pyridine rings is 1. The fourth-order valence-corrected chi connectivity index (χ4v) is 4.94. The van der Waals surface area contributed by atoms with Crippen molar-refractivity contribution in [2.75, 3.05) is 23.3 Å². The molecule has 28 heavy (non-hydrogen) atoms. The summed E-state index contributed by atoms with van der Waals surface area (Å²) in [6, 6.07) is 13.7. The Hall–Kier alpha value is -2.86. The fraction of sp³-hybridized carbons (Fsp3) is 0.273. The first-order chi connectivity index (χ1) is 13.8. The zero-order chi connectivity index (χ0) is 18.9. The normalized spacial score (nSPS) is 15.4. The van der Waals surface area contributed by atoms with Crippen LogP contribution in [0.3, 0.4) is 0 Å². The average molecular weight is 391 g/mol. The number of nitrogens with zero attached hydrogens (tertiary/aromatic N) is 2. The summed E-state index contributed by atoms with van der Waals surface area (Å²) in [6.07, 6.45) is 5.38. The number of carbonyl (C=O) groups is 1. The van der Waals surface area contributed by atoms with Gasteiger partial charge < -0.3 is 15.0 Å². The number of thiophene rings is 1. The van der Waals surface area contributed by atoms with Crippen LogP contribution in [-0.2, 0) is 6.61 Å². The number of nitrogens with one attached hydrogen (secondary N) is 1. The third-order valence-corrected chi connectivity index (χ3v) is 6.45. The summed E-state index contributed by atoms with van der Waals surface area (Å²) in [5, 5.41) is 3.08. The predicted molar refractivity (Wildman–Crippen MR) is 112 cm³/mol. The van der Waals surface area contributed by atoms with Gasteiger partial charge in [0.15, 0.2) is 5.82 Å². The quantitative estimate of drug-likeness (QED) is 0.687. The fourth-order valence-electron chi connectivity index (χ4n) is 3.85. The smallest absolute Gasteiger partial charge is 0.265 e. The van der Waals surface area contributed by atoms with Crippen LogP contribution < -0.4 is 15.0 Å². The topological polar surface area (TPSA) is 54.5 Å². The molecule has 1 fully saturated rings. The molecule has 1 aromatic carbocycles. The van der Waals surface area contributed by atoms with Gasteiger partial charge in [-0.1, -0.05) is 12.1 Å². The minimum atomic E-state index is -0.0943. The lowest BCUT2D eigenvalue weighted by Gasteiger charge is -2.29. The summed E-state index contributed by atoms with van der Waals surface area (Å²) < 4.78 is 5.82. The maximum atomic E-state index is 13.0. The molecule has 3 aromatic rings. The first-order valence-electron chi connectivity index (χ1n) is 9.66. The van der Waals surface area contributed by atoms with E-state index in [2.05, 4.69) is 15.2 Å². The number of hydrogen-bond acceptors (Lipinski definition) is 5. The van der Waals surface area contributed by atoms with Crippen molar-refractivity contribution in [1.29, 1.82) is 0 Å². The van der Waals surface area contributed by atoms with Gasteiger partial charge >= 0.3 is 0 Å². The van der Waals surface area contributed by atoms with Gasteiger partial charge in [-0.15, -0.1) is 11.3 Å². The van der Waals surface area contributed by atoms with Crippen LogP contribution in [0.1, 0.15) is 34.5 Å². The van der Waals surface area contributed by atoms with Crippen LogP contribution in [-0.4, -0.2) is 24.0 Å². The Labute approximate surface area is 168 Å². The summed E-state index contributed by atoms with van der Waals surface area (Å²) in [7, 11) is 0. The molecule has 0 unspecified atom stereocenters. The molecule has 0 spiro atoms. The number of hydrogen-bond donors (Lipinski definition) is 1. The molecule has 5 nitrogen and oxygen atoms in total. The third-order valence-electron chi connectivity index (χ3n) is 5.24. The highest BCUT2D eigenvalue weighted by Crippen LogP contribution is 2.42. The molecule has 0 atom stereocenters. The molecule has 1 N–H and O–H groups in total. The molecule has 6 heteroatoms. The van der Waals surface area contributed by atoms with Gasteiger partial charge in [0, 0.05) is 35.3 Å². The molecule has 0 radical (unpaired) electrons. The van der Waals surface area contributed by atoms with Gasteiger partial charge in [-0.25, -0.2) is 4.98 Å². The van der Waals surface area contributed by atoms with Crippen LogP contribution in [0, 0.1) is 0 Å². The Morgan fingerprint density at radius 2 is 1.96 bits per heavy atom. The monoisotopic (exact) mass is 391 g/mol. The number of aromatic nitrogens is 1. The maximum Gasteiger partial charge on any atom is 0.265 e. The lowest BCUT2D eigenvalue weighted by molar-refractivity contribution is 0.103. The Morgan fingerprint density at radius 3 is 2.86 bits per heavy atom. The molecule has 1 saturated heterocycles. The Kier molecular flexibility index (Phi) is 4.49. The minimum Gasteiger partial charge on any atom is -0.488 e. The SMILES string of the molecule is O=C(Nc1cccnc1N1CCCCC1)c1cc2c(s1)-c1ccccc1OC2. The van der Waals surface area contributed by atoms with Gasteiger partial charge in [-0.2, -0.15) is 0 Å². The van der Waals surface area contributed by atoms with E-state index in [1.807, 2.05) is 42.5 Å². The molecule has 142 valence electrons. The van der Waals surface area contributed by atoms with Gasteiger partial charge in [0.05, 0.1) is 10.6 Å². The number of piperidine rings is 1. The first-order valence-corrected chi connectivity index (χ1v) is 10.5. The van der Waals surface area contributed by atoms with Crippen LogP contribution >= 0.6 is 11.3 Å². The van der Waals surface area contributed by atoms with E-state index in [-0.39, 0.29) is 5.91 Å². The number of amides is 1. The second kappa shape index (κ2) is 7.28. The molecule has 0 saturated carbocycles. The van der Waals surface area contributed by atoms with Crippen molar-refractivity contribution in [3.8, 4) is 16.2 Å². The Balaban J connectivity index is 1.41. The standard InChI is InChI=1S/C22H21N3O2S/c26-22(24-17-8-6-10-23-21(17)25-11-4-1-5-12-25)19-13-15-14-27-18-9-3-2-7-16(18)20(15)28-19/h2-3,6-10,13H,1,4-5,11-12,14H2,(H,24,26). The van der Waals surface area contributed by atoms with E-state index < -0.39 is 0 Å². The zero-order valence-electron chi connectivity index (χ0n) is 15.5. The highest BCUT2D eigenvalue weighted by Gasteiger charge is 2.23. The zero-order valence-corrected chi connectivity index (χ0v) is 16.3. The van der Waals surface area contributed by atoms with Crippen molar-refractivity contribution in [2.45, 2.75) is 25.9 Å². The molecule has 4 heterocycles. The van der Waals surface area contributed by atoms with E-state index in [4.69, 9.17) is 4.74 Å². The van der Waals surface area contributed by atoms with E-state index in [9.17, 15) is 4.79 Å². The Bertz CT molecular complexity index is 1020. The third kappa shape index (κ3) is 3.14. The molecule has 0 aliphatic carbocycles. The summed E-state index contributed by atoms with van der Waals surface area (Å²) in [5.41, 5.74) is 2.90. The summed E-state index contributed by atoms with van der Waals surface area (Å²) in [6.45, 7) is 2.48. The predicted octanol–water partition coefficient (Wildman–Crippen LogP) is 4.95. The van der Waals surface area contributed by atoms with Crippen LogP contribution in [0.25, 0.3) is 10.4 Å². The van der Waals surface area contributed by atoms with Crippen LogP contribution in [0.4, 0.5) is 11.5 Å². The van der Waals surface area contributed by atoms with Crippen molar-refractivity contribution in [2.24, 2.45) is 0 Å². The van der Waals surface area contributed by atoms with Crippen molar-refractivity contribution in [3.63, 3.8) is 0 Å². The summed E-state index contributed by atoms with van der Waals surface area (Å²) in [4.78, 5) is 21.6. The van der Waals surface area contributed by atoms with E-state index in [0.717, 1.165) is 46.3 Å². The summed E-state index contributed by atoms with van der Waals surface area (Å²) in [5.74, 6) is 1.65.